The second-order valence-electron chi connectivity index (χ2n) is 2.41. The van der Waals surface area contributed by atoms with Crippen molar-refractivity contribution in [3.8, 4) is 0 Å². The van der Waals surface area contributed by atoms with Gasteiger partial charge in [-0.15, -0.1) is 0 Å². The van der Waals surface area contributed by atoms with E-state index >= 15 is 0 Å². The van der Waals surface area contributed by atoms with Crippen LogP contribution in [0.4, 0.5) is 0 Å². The molecule has 0 aliphatic heterocycles. The Labute approximate surface area is 84.5 Å². The molecule has 0 spiro atoms. The van der Waals surface area contributed by atoms with Crippen LogP contribution in [0, 0.1) is 0 Å². The fourth-order valence-electron chi connectivity index (χ4n) is 0.872. The predicted molar refractivity (Wildman–Crippen MR) is 48.8 cm³/mol. The highest BCUT2D eigenvalue weighted by atomic mass is 35.5. The molecule has 1 aromatic rings. The number of benzene rings is 1. The number of nitrogens with one attached hydrogen (secondary N) is 1. The predicted octanol–water partition coefficient (Wildman–Crippen LogP) is -0.546. The van der Waals surface area contributed by atoms with Gasteiger partial charge >= 0.3 is 0 Å². The van der Waals surface area contributed by atoms with E-state index < -0.39 is 0 Å². The molecule has 0 heterocycles. The highest BCUT2D eigenvalue weighted by molar-refractivity contribution is 6.30. The molecule has 0 radical (unpaired) electrons. The van der Waals surface area contributed by atoms with Gasteiger partial charge in [-0.25, -0.2) is 0 Å². The first-order chi connectivity index (χ1) is 5.33. The SMILES string of the molecule is CCNCc1ccc(Cl)cc1.[Cl-]. The minimum atomic E-state index is 0. The summed E-state index contributed by atoms with van der Waals surface area (Å²) in [4.78, 5) is 0. The standard InChI is InChI=1S/C9H12ClN.ClH/c1-2-11-7-8-3-5-9(10)6-4-8;/h3-6,11H,2,7H2,1H3;1H/p-1. The van der Waals surface area contributed by atoms with E-state index in [2.05, 4.69) is 12.2 Å². The lowest BCUT2D eigenvalue weighted by atomic mass is 10.2. The largest absolute Gasteiger partial charge is 1.00 e. The molecule has 0 fully saturated rings. The zero-order valence-electron chi connectivity index (χ0n) is 6.98. The molecule has 1 aromatic carbocycles. The highest BCUT2D eigenvalue weighted by Crippen LogP contribution is 2.08. The molecular formula is C9H12Cl2N-. The summed E-state index contributed by atoms with van der Waals surface area (Å²) >= 11 is 5.73. The van der Waals surface area contributed by atoms with Gasteiger partial charge in [0.05, 0.1) is 0 Å². The Kier molecular flexibility index (Phi) is 6.17. The second kappa shape index (κ2) is 6.30. The molecule has 0 saturated carbocycles. The molecule has 1 N–H and O–H groups in total. The smallest absolute Gasteiger partial charge is 0.0406 e. The van der Waals surface area contributed by atoms with Crippen LogP contribution in [0.15, 0.2) is 24.3 Å². The van der Waals surface area contributed by atoms with E-state index in [-0.39, 0.29) is 12.4 Å². The van der Waals surface area contributed by atoms with Crippen molar-refractivity contribution < 1.29 is 12.4 Å². The summed E-state index contributed by atoms with van der Waals surface area (Å²) in [5.74, 6) is 0. The van der Waals surface area contributed by atoms with E-state index in [9.17, 15) is 0 Å². The van der Waals surface area contributed by atoms with Gasteiger partial charge in [0.2, 0.25) is 0 Å². The maximum absolute atomic E-state index is 5.73. The minimum absolute atomic E-state index is 0. The summed E-state index contributed by atoms with van der Waals surface area (Å²) in [6, 6.07) is 7.89. The molecule has 1 nitrogen and oxygen atoms in total. The van der Waals surface area contributed by atoms with Crippen molar-refractivity contribution in [1.29, 1.82) is 0 Å². The molecule has 0 aliphatic carbocycles. The third-order valence-corrected chi connectivity index (χ3v) is 1.74. The molecule has 68 valence electrons. The van der Waals surface area contributed by atoms with E-state index in [4.69, 9.17) is 11.6 Å². The van der Waals surface area contributed by atoms with Gasteiger partial charge in [-0.3, -0.25) is 0 Å². The van der Waals surface area contributed by atoms with Crippen LogP contribution >= 0.6 is 11.6 Å². The van der Waals surface area contributed by atoms with Crippen LogP contribution in [0.5, 0.6) is 0 Å². The number of hydrogen-bond acceptors (Lipinski definition) is 1. The zero-order chi connectivity index (χ0) is 8.10. The molecule has 3 heteroatoms. The van der Waals surface area contributed by atoms with Gasteiger partial charge in [-0.1, -0.05) is 30.7 Å². The van der Waals surface area contributed by atoms with Gasteiger partial charge in [0.15, 0.2) is 0 Å². The van der Waals surface area contributed by atoms with E-state index in [1.807, 2.05) is 24.3 Å². The van der Waals surface area contributed by atoms with Gasteiger partial charge in [-0.05, 0) is 24.2 Å². The van der Waals surface area contributed by atoms with Crippen LogP contribution in [-0.4, -0.2) is 6.54 Å². The Bertz CT molecular complexity index is 208. The lowest BCUT2D eigenvalue weighted by Gasteiger charge is -2.00. The van der Waals surface area contributed by atoms with Gasteiger partial charge in [0.1, 0.15) is 0 Å². The molecule has 0 aliphatic rings. The Morgan fingerprint density at radius 1 is 1.25 bits per heavy atom. The summed E-state index contributed by atoms with van der Waals surface area (Å²) in [6.07, 6.45) is 0. The summed E-state index contributed by atoms with van der Waals surface area (Å²) in [6.45, 7) is 4.02. The Hall–Kier alpha value is -0.240. The van der Waals surface area contributed by atoms with Gasteiger partial charge in [0.25, 0.3) is 0 Å². The third-order valence-electron chi connectivity index (χ3n) is 1.49. The molecule has 0 atom stereocenters. The molecular weight excluding hydrogens is 193 g/mol. The summed E-state index contributed by atoms with van der Waals surface area (Å²) < 4.78 is 0. The van der Waals surface area contributed by atoms with Crippen LogP contribution in [0.25, 0.3) is 0 Å². The van der Waals surface area contributed by atoms with E-state index in [0.29, 0.717) is 0 Å². The summed E-state index contributed by atoms with van der Waals surface area (Å²) in [5, 5.41) is 4.04. The average Bonchev–Trinajstić information content (AvgIpc) is 2.04. The highest BCUT2D eigenvalue weighted by Gasteiger charge is 1.89. The maximum atomic E-state index is 5.73. The van der Waals surface area contributed by atoms with Crippen molar-refractivity contribution in [3.63, 3.8) is 0 Å². The molecule has 0 bridgehead atoms. The van der Waals surface area contributed by atoms with Crippen LogP contribution in [0.3, 0.4) is 0 Å². The van der Waals surface area contributed by atoms with Gasteiger partial charge < -0.3 is 17.7 Å². The zero-order valence-corrected chi connectivity index (χ0v) is 8.49. The van der Waals surface area contributed by atoms with Crippen molar-refractivity contribution in [3.05, 3.63) is 34.9 Å². The third kappa shape index (κ3) is 3.96. The normalized spacial score (nSPS) is 9.17. The van der Waals surface area contributed by atoms with Crippen molar-refractivity contribution in [2.24, 2.45) is 0 Å². The van der Waals surface area contributed by atoms with Crippen molar-refractivity contribution in [2.45, 2.75) is 13.5 Å². The van der Waals surface area contributed by atoms with Crippen LogP contribution < -0.4 is 17.7 Å². The quantitative estimate of drug-likeness (QED) is 0.698. The lowest BCUT2D eigenvalue weighted by Crippen LogP contribution is -3.00. The Balaban J connectivity index is 0.00000121. The average molecular weight is 205 g/mol. The number of hydrogen-bond donors (Lipinski definition) is 1. The molecule has 1 rings (SSSR count). The van der Waals surface area contributed by atoms with Crippen molar-refractivity contribution in [2.75, 3.05) is 6.54 Å². The lowest BCUT2D eigenvalue weighted by molar-refractivity contribution is -0.00000227. The molecule has 0 unspecified atom stereocenters. The number of halogens is 2. The molecule has 12 heavy (non-hydrogen) atoms. The van der Waals surface area contributed by atoms with E-state index in [0.717, 1.165) is 18.1 Å². The van der Waals surface area contributed by atoms with Crippen LogP contribution in [-0.2, 0) is 6.54 Å². The Morgan fingerprint density at radius 3 is 2.33 bits per heavy atom. The molecule has 0 amide bonds. The first kappa shape index (κ1) is 11.8. The van der Waals surface area contributed by atoms with E-state index in [1.54, 1.807) is 0 Å². The molecule has 0 aromatic heterocycles. The first-order valence-corrected chi connectivity index (χ1v) is 4.16. The van der Waals surface area contributed by atoms with Gasteiger partial charge in [-0.2, -0.15) is 0 Å². The number of rotatable bonds is 3. The monoisotopic (exact) mass is 204 g/mol. The second-order valence-corrected chi connectivity index (χ2v) is 2.84. The topological polar surface area (TPSA) is 12.0 Å². The summed E-state index contributed by atoms with van der Waals surface area (Å²) in [5.41, 5.74) is 1.27. The fourth-order valence-corrected chi connectivity index (χ4v) is 0.998. The Morgan fingerprint density at radius 2 is 1.83 bits per heavy atom. The first-order valence-electron chi connectivity index (χ1n) is 3.78. The minimum Gasteiger partial charge on any atom is -1.00 e. The molecule has 0 saturated heterocycles. The van der Waals surface area contributed by atoms with Crippen molar-refractivity contribution >= 4 is 11.6 Å². The van der Waals surface area contributed by atoms with E-state index in [1.165, 1.54) is 5.56 Å². The fraction of sp³-hybridized carbons (Fsp3) is 0.333. The van der Waals surface area contributed by atoms with Gasteiger partial charge in [0, 0.05) is 11.6 Å². The van der Waals surface area contributed by atoms with Crippen LogP contribution in [0.2, 0.25) is 5.02 Å². The van der Waals surface area contributed by atoms with Crippen LogP contribution in [0.1, 0.15) is 12.5 Å². The summed E-state index contributed by atoms with van der Waals surface area (Å²) in [7, 11) is 0. The van der Waals surface area contributed by atoms with Crippen molar-refractivity contribution in [1.82, 2.24) is 5.32 Å². The maximum Gasteiger partial charge on any atom is 0.0406 e.